The molecule has 0 bridgehead atoms. The van der Waals surface area contributed by atoms with Crippen LogP contribution in [0, 0.1) is 4.32 Å². The maximum atomic E-state index is 6.56. The Morgan fingerprint density at radius 1 is 0.613 bits per heavy atom. The van der Waals surface area contributed by atoms with E-state index >= 15 is 0 Å². The average Bonchev–Trinajstić information content (AvgIpc) is 3.18. The average molecular weight is 488 g/mol. The van der Waals surface area contributed by atoms with Gasteiger partial charge in [0.2, 0.25) is 0 Å². The molecule has 0 aliphatic carbocycles. The van der Waals surface area contributed by atoms with Gasteiger partial charge >= 0.3 is 199 Å². The molecule has 0 aliphatic heterocycles. The van der Waals surface area contributed by atoms with Crippen LogP contribution in [0.4, 0.5) is 0 Å². The third kappa shape index (κ3) is 5.27. The Morgan fingerprint density at radius 3 is 1.19 bits per heavy atom. The summed E-state index contributed by atoms with van der Waals surface area (Å²) in [4.78, 5) is 0. The first kappa shape index (κ1) is 24.1. The van der Waals surface area contributed by atoms with Crippen molar-refractivity contribution >= 4 is 10.1 Å². The van der Waals surface area contributed by atoms with E-state index < -0.39 is 0 Å². The predicted molar refractivity (Wildman–Crippen MR) is 130 cm³/mol. The summed E-state index contributed by atoms with van der Waals surface area (Å²) in [7, 11) is 6.56. The van der Waals surface area contributed by atoms with Gasteiger partial charge < -0.3 is 0 Å². The van der Waals surface area contributed by atoms with Crippen molar-refractivity contribution in [3.63, 3.8) is 0 Å². The van der Waals surface area contributed by atoms with Gasteiger partial charge in [0.25, 0.3) is 0 Å². The fourth-order valence-corrected chi connectivity index (χ4v) is 5.50. The van der Waals surface area contributed by atoms with Crippen LogP contribution < -0.4 is 0 Å². The molecule has 0 spiro atoms. The van der Waals surface area contributed by atoms with Crippen molar-refractivity contribution in [2.75, 3.05) is 0 Å². The Balaban J connectivity index is 2.28. The van der Waals surface area contributed by atoms with E-state index in [0.29, 0.717) is 0 Å². The van der Waals surface area contributed by atoms with Crippen molar-refractivity contribution in [3.8, 4) is 11.4 Å². The van der Waals surface area contributed by atoms with Crippen LogP contribution in [0.25, 0.3) is 11.4 Å². The molecule has 3 rings (SSSR count). The first-order valence-electron chi connectivity index (χ1n) is 11.7. The van der Waals surface area contributed by atoms with Crippen LogP contribution in [0.2, 0.25) is 0 Å². The normalized spacial score (nSPS) is 11.4. The zero-order chi connectivity index (χ0) is 22.2. The van der Waals surface area contributed by atoms with Gasteiger partial charge in [0.05, 0.1) is 0 Å². The molecule has 0 saturated carbocycles. The van der Waals surface area contributed by atoms with Crippen LogP contribution in [0.15, 0.2) is 48.8 Å². The molecular formula is C27H36ClCuN2. The van der Waals surface area contributed by atoms with Crippen molar-refractivity contribution < 1.29 is 13.6 Å². The number of halogens is 1. The van der Waals surface area contributed by atoms with Gasteiger partial charge in [-0.1, -0.05) is 0 Å². The number of para-hydroxylation sites is 2. The summed E-state index contributed by atoms with van der Waals surface area (Å²) in [5, 5.41) is 0. The fourth-order valence-electron chi connectivity index (χ4n) is 4.52. The molecule has 0 fully saturated rings. The second-order valence-corrected chi connectivity index (χ2v) is 9.25. The van der Waals surface area contributed by atoms with Gasteiger partial charge in [0, 0.05) is 0 Å². The number of hydrogen-bond donors (Lipinski definition) is 0. The Morgan fingerprint density at radius 2 is 0.935 bits per heavy atom. The number of imidazole rings is 1. The molecule has 172 valence electrons. The van der Waals surface area contributed by atoms with E-state index in [4.69, 9.17) is 10.1 Å². The van der Waals surface area contributed by atoms with Crippen molar-refractivity contribution in [1.82, 2.24) is 9.13 Å². The number of benzene rings is 2. The third-order valence-electron chi connectivity index (χ3n) is 5.74. The number of aryl methyl sites for hydroxylation is 4. The Hall–Kier alpha value is -1.54. The van der Waals surface area contributed by atoms with Gasteiger partial charge in [-0.25, -0.2) is 0 Å². The van der Waals surface area contributed by atoms with Crippen LogP contribution in [0.5, 0.6) is 0 Å². The van der Waals surface area contributed by atoms with E-state index in [1.54, 1.807) is 0 Å². The van der Waals surface area contributed by atoms with E-state index in [2.05, 4.69) is 85.6 Å². The number of rotatable bonds is 10. The zero-order valence-corrected chi connectivity index (χ0v) is 21.0. The van der Waals surface area contributed by atoms with Gasteiger partial charge in [0.15, 0.2) is 0 Å². The van der Waals surface area contributed by atoms with Crippen LogP contribution in [-0.4, -0.2) is 9.13 Å². The summed E-state index contributed by atoms with van der Waals surface area (Å²) in [5.41, 5.74) is 8.23. The van der Waals surface area contributed by atoms with E-state index in [0.717, 1.165) is 55.7 Å². The van der Waals surface area contributed by atoms with Gasteiger partial charge in [-0.3, -0.25) is 0 Å². The molecule has 0 radical (unpaired) electrons. The third-order valence-corrected chi connectivity index (χ3v) is 6.78. The summed E-state index contributed by atoms with van der Waals surface area (Å²) >= 11 is 1.43. The van der Waals surface area contributed by atoms with Crippen molar-refractivity contribution in [3.05, 3.63) is 75.4 Å². The van der Waals surface area contributed by atoms with E-state index in [1.165, 1.54) is 47.2 Å². The SMILES string of the molecule is CCCc1cccc(CCC)c1-n1ccn(-c2c(CCC)cccc2CCC)[c]1=[Cu][Cl]. The minimum atomic E-state index is 1.05. The second kappa shape index (κ2) is 11.9. The summed E-state index contributed by atoms with van der Waals surface area (Å²) in [6.07, 6.45) is 13.2. The topological polar surface area (TPSA) is 9.86 Å². The molecular weight excluding hydrogens is 451 g/mol. The van der Waals surface area contributed by atoms with Crippen LogP contribution >= 0.6 is 10.1 Å². The molecule has 4 heteroatoms. The zero-order valence-electron chi connectivity index (χ0n) is 19.3. The molecule has 0 aliphatic rings. The molecule has 31 heavy (non-hydrogen) atoms. The van der Waals surface area contributed by atoms with Crippen molar-refractivity contribution in [1.29, 1.82) is 0 Å². The molecule has 0 atom stereocenters. The molecule has 2 aromatic carbocycles. The van der Waals surface area contributed by atoms with E-state index in [-0.39, 0.29) is 0 Å². The van der Waals surface area contributed by atoms with Gasteiger partial charge in [-0.05, 0) is 0 Å². The molecule has 0 unspecified atom stereocenters. The predicted octanol–water partition coefficient (Wildman–Crippen LogP) is 7.85. The standard InChI is InChI=1S/C27H36N2.ClH.Cu/c1-5-11-22-15-9-16-23(12-6-2)26(22)28-19-20-29(21-28)27-24(13-7-3)17-10-18-25(27)14-8-4;;/h9-10,15-20H,5-8,11-14H2,1-4H3;1H;/q;;+1/p-1. The molecule has 0 N–H and O–H groups in total. The Kier molecular flexibility index (Phi) is 9.26. The van der Waals surface area contributed by atoms with Crippen LogP contribution in [-0.2, 0) is 39.3 Å². The van der Waals surface area contributed by atoms with E-state index in [1.807, 2.05) is 0 Å². The van der Waals surface area contributed by atoms with Crippen LogP contribution in [0.1, 0.15) is 75.6 Å². The van der Waals surface area contributed by atoms with E-state index in [9.17, 15) is 0 Å². The molecule has 2 nitrogen and oxygen atoms in total. The summed E-state index contributed by atoms with van der Waals surface area (Å²) < 4.78 is 5.69. The summed E-state index contributed by atoms with van der Waals surface area (Å²) in [6, 6.07) is 13.5. The van der Waals surface area contributed by atoms with Crippen molar-refractivity contribution in [2.24, 2.45) is 0 Å². The van der Waals surface area contributed by atoms with Gasteiger partial charge in [-0.15, -0.1) is 0 Å². The first-order valence-corrected chi connectivity index (χ1v) is 13.5. The number of aromatic nitrogens is 2. The van der Waals surface area contributed by atoms with Gasteiger partial charge in [-0.2, -0.15) is 0 Å². The fraction of sp³-hybridized carbons (Fsp3) is 0.444. The van der Waals surface area contributed by atoms with Gasteiger partial charge in [0.1, 0.15) is 0 Å². The molecule has 1 heterocycles. The monoisotopic (exact) mass is 486 g/mol. The summed E-state index contributed by atoms with van der Waals surface area (Å²) in [6.45, 7) is 9.00. The molecule has 0 amide bonds. The molecule has 0 saturated heterocycles. The Labute approximate surface area is 198 Å². The minimum absolute atomic E-state index is 1.05. The molecule has 1 aromatic heterocycles. The number of hydrogen-bond acceptors (Lipinski definition) is 0. The van der Waals surface area contributed by atoms with Crippen LogP contribution in [0.3, 0.4) is 0 Å². The number of nitrogens with zero attached hydrogens (tertiary/aromatic N) is 2. The first-order chi connectivity index (χ1) is 15.2. The maximum absolute atomic E-state index is 6.56. The van der Waals surface area contributed by atoms with Crippen molar-refractivity contribution in [2.45, 2.75) is 79.1 Å². The Bertz CT molecular complexity index is 933. The molecule has 3 aromatic rings. The quantitative estimate of drug-likeness (QED) is 0.258. The second-order valence-electron chi connectivity index (χ2n) is 8.18. The summed E-state index contributed by atoms with van der Waals surface area (Å²) in [5.74, 6) is 0.